The molecule has 2 aromatic rings. The van der Waals surface area contributed by atoms with E-state index in [0.29, 0.717) is 0 Å². The molecule has 2 rings (SSSR count). The molecule has 2 N–H and O–H groups in total. The Bertz CT molecular complexity index is 590. The number of nitrogens with one attached hydrogen (secondary N) is 1. The summed E-state index contributed by atoms with van der Waals surface area (Å²) in [5, 5.41) is 11.5. The highest BCUT2D eigenvalue weighted by Gasteiger charge is 2.03. The molecule has 1 heterocycles. The Morgan fingerprint density at radius 2 is 2.05 bits per heavy atom. The van der Waals surface area contributed by atoms with Crippen molar-refractivity contribution in [2.45, 2.75) is 13.0 Å². The summed E-state index contributed by atoms with van der Waals surface area (Å²) in [6.45, 7) is 1.70. The third-order valence-corrected chi connectivity index (χ3v) is 3.85. The molecule has 104 valence electrons. The van der Waals surface area contributed by atoms with Crippen molar-refractivity contribution < 1.29 is 9.90 Å². The highest BCUT2D eigenvalue weighted by Crippen LogP contribution is 2.28. The maximum Gasteiger partial charge on any atom is 0.244 e. The molecule has 1 aromatic heterocycles. The standard InChI is InChI=1S/C16H17NO2S/c1-12(11-18)17-16(19)10-8-14-7-9-15(20-14)13-5-3-2-4-6-13/h2-10,12,18H,11H2,1H3,(H,17,19)/b10-8+. The molecule has 0 spiro atoms. The smallest absolute Gasteiger partial charge is 0.244 e. The van der Waals surface area contributed by atoms with Gasteiger partial charge in [-0.1, -0.05) is 30.3 Å². The van der Waals surface area contributed by atoms with Crippen LogP contribution in [0.1, 0.15) is 11.8 Å². The highest BCUT2D eigenvalue weighted by molar-refractivity contribution is 7.16. The van der Waals surface area contributed by atoms with Crippen LogP contribution in [-0.2, 0) is 4.79 Å². The predicted molar refractivity (Wildman–Crippen MR) is 83.5 cm³/mol. The second-order valence-electron chi connectivity index (χ2n) is 4.49. The minimum Gasteiger partial charge on any atom is -0.394 e. The number of aliphatic hydroxyl groups is 1. The Morgan fingerprint density at radius 1 is 1.30 bits per heavy atom. The maximum atomic E-state index is 11.6. The van der Waals surface area contributed by atoms with Gasteiger partial charge in [0.25, 0.3) is 0 Å². The van der Waals surface area contributed by atoms with E-state index in [1.165, 1.54) is 16.5 Å². The van der Waals surface area contributed by atoms with Gasteiger partial charge in [0.1, 0.15) is 0 Å². The average molecular weight is 287 g/mol. The lowest BCUT2D eigenvalue weighted by Crippen LogP contribution is -2.33. The first kappa shape index (κ1) is 14.5. The molecular formula is C16H17NO2S. The number of carbonyl (C=O) groups is 1. The van der Waals surface area contributed by atoms with E-state index in [4.69, 9.17) is 5.11 Å². The van der Waals surface area contributed by atoms with Crippen LogP contribution >= 0.6 is 11.3 Å². The van der Waals surface area contributed by atoms with E-state index in [1.807, 2.05) is 30.3 Å². The minimum atomic E-state index is -0.227. The Kier molecular flexibility index (Phi) is 5.09. The topological polar surface area (TPSA) is 49.3 Å². The summed E-state index contributed by atoms with van der Waals surface area (Å²) in [4.78, 5) is 13.8. The zero-order valence-electron chi connectivity index (χ0n) is 11.2. The fourth-order valence-electron chi connectivity index (χ4n) is 1.69. The van der Waals surface area contributed by atoms with E-state index in [-0.39, 0.29) is 18.6 Å². The monoisotopic (exact) mass is 287 g/mol. The van der Waals surface area contributed by atoms with E-state index in [0.717, 1.165) is 4.88 Å². The lowest BCUT2D eigenvalue weighted by Gasteiger charge is -2.07. The van der Waals surface area contributed by atoms with Crippen LogP contribution in [0.4, 0.5) is 0 Å². The average Bonchev–Trinajstić information content (AvgIpc) is 2.95. The number of aliphatic hydroxyl groups excluding tert-OH is 1. The molecule has 1 atom stereocenters. The molecule has 4 heteroatoms. The van der Waals surface area contributed by atoms with Crippen LogP contribution < -0.4 is 5.32 Å². The number of hydrogen-bond donors (Lipinski definition) is 2. The van der Waals surface area contributed by atoms with Crippen LogP contribution in [0.2, 0.25) is 0 Å². The van der Waals surface area contributed by atoms with Gasteiger partial charge in [0, 0.05) is 21.9 Å². The number of benzene rings is 1. The molecule has 1 amide bonds. The summed E-state index contributed by atoms with van der Waals surface area (Å²) in [6.07, 6.45) is 3.28. The maximum absolute atomic E-state index is 11.6. The van der Waals surface area contributed by atoms with Gasteiger partial charge in [-0.25, -0.2) is 0 Å². The second-order valence-corrected chi connectivity index (χ2v) is 5.61. The van der Waals surface area contributed by atoms with Gasteiger partial charge in [-0.05, 0) is 30.7 Å². The van der Waals surface area contributed by atoms with E-state index >= 15 is 0 Å². The number of amides is 1. The van der Waals surface area contributed by atoms with Gasteiger partial charge < -0.3 is 10.4 Å². The number of thiophene rings is 1. The van der Waals surface area contributed by atoms with Gasteiger partial charge in [0.2, 0.25) is 5.91 Å². The molecule has 0 radical (unpaired) electrons. The van der Waals surface area contributed by atoms with Crippen LogP contribution in [0, 0.1) is 0 Å². The van der Waals surface area contributed by atoms with E-state index in [1.54, 1.807) is 24.3 Å². The first-order valence-corrected chi connectivity index (χ1v) is 7.25. The highest BCUT2D eigenvalue weighted by atomic mass is 32.1. The summed E-state index contributed by atoms with van der Waals surface area (Å²) in [7, 11) is 0. The van der Waals surface area contributed by atoms with Crippen molar-refractivity contribution in [2.24, 2.45) is 0 Å². The number of hydrogen-bond acceptors (Lipinski definition) is 3. The summed E-state index contributed by atoms with van der Waals surface area (Å²) >= 11 is 1.64. The van der Waals surface area contributed by atoms with E-state index in [9.17, 15) is 4.79 Å². The fraction of sp³-hybridized carbons (Fsp3) is 0.188. The molecule has 0 aliphatic carbocycles. The first-order chi connectivity index (χ1) is 9.69. The minimum absolute atomic E-state index is 0.0588. The Hall–Kier alpha value is -1.91. The summed E-state index contributed by atoms with van der Waals surface area (Å²) in [6, 6.07) is 14.0. The number of rotatable bonds is 5. The Balaban J connectivity index is 2.01. The Morgan fingerprint density at radius 3 is 2.75 bits per heavy atom. The van der Waals surface area contributed by atoms with Crippen molar-refractivity contribution in [2.75, 3.05) is 6.61 Å². The first-order valence-electron chi connectivity index (χ1n) is 6.43. The van der Waals surface area contributed by atoms with Crippen molar-refractivity contribution in [3.63, 3.8) is 0 Å². The van der Waals surface area contributed by atoms with Crippen LogP contribution in [0.5, 0.6) is 0 Å². The summed E-state index contributed by atoms with van der Waals surface area (Å²) in [5.41, 5.74) is 1.18. The van der Waals surface area contributed by atoms with Gasteiger partial charge >= 0.3 is 0 Å². The van der Waals surface area contributed by atoms with Crippen molar-refractivity contribution >= 4 is 23.3 Å². The quantitative estimate of drug-likeness (QED) is 0.831. The molecule has 0 aliphatic heterocycles. The van der Waals surface area contributed by atoms with Crippen molar-refractivity contribution in [1.82, 2.24) is 5.32 Å². The van der Waals surface area contributed by atoms with E-state index < -0.39 is 0 Å². The third-order valence-electron chi connectivity index (χ3n) is 2.75. The van der Waals surface area contributed by atoms with Gasteiger partial charge in [-0.15, -0.1) is 11.3 Å². The lowest BCUT2D eigenvalue weighted by atomic mass is 10.2. The fourth-order valence-corrected chi connectivity index (χ4v) is 2.61. The molecule has 0 saturated heterocycles. The zero-order valence-corrected chi connectivity index (χ0v) is 12.1. The zero-order chi connectivity index (χ0) is 14.4. The molecule has 3 nitrogen and oxygen atoms in total. The molecule has 0 aliphatic rings. The van der Waals surface area contributed by atoms with Crippen LogP contribution in [-0.4, -0.2) is 23.7 Å². The molecular weight excluding hydrogens is 270 g/mol. The molecule has 1 aromatic carbocycles. The summed E-state index contributed by atoms with van der Waals surface area (Å²) < 4.78 is 0. The SMILES string of the molecule is CC(CO)NC(=O)/C=C/c1ccc(-c2ccccc2)s1. The normalized spacial score (nSPS) is 12.5. The Labute approximate surface area is 122 Å². The van der Waals surface area contributed by atoms with Crippen LogP contribution in [0.3, 0.4) is 0 Å². The lowest BCUT2D eigenvalue weighted by molar-refractivity contribution is -0.117. The van der Waals surface area contributed by atoms with Crippen molar-refractivity contribution in [3.05, 3.63) is 53.4 Å². The van der Waals surface area contributed by atoms with Gasteiger partial charge in [0.15, 0.2) is 0 Å². The van der Waals surface area contributed by atoms with Gasteiger partial charge in [-0.3, -0.25) is 4.79 Å². The molecule has 1 unspecified atom stereocenters. The van der Waals surface area contributed by atoms with Gasteiger partial charge in [-0.2, -0.15) is 0 Å². The summed E-state index contributed by atoms with van der Waals surface area (Å²) in [5.74, 6) is -0.193. The molecule has 0 fully saturated rings. The third kappa shape index (κ3) is 4.05. The van der Waals surface area contributed by atoms with Gasteiger partial charge in [0.05, 0.1) is 6.61 Å². The van der Waals surface area contributed by atoms with Crippen LogP contribution in [0.15, 0.2) is 48.5 Å². The molecule has 20 heavy (non-hydrogen) atoms. The van der Waals surface area contributed by atoms with Crippen LogP contribution in [0.25, 0.3) is 16.5 Å². The number of carbonyl (C=O) groups excluding carboxylic acids is 1. The predicted octanol–water partition coefficient (Wildman–Crippen LogP) is 2.93. The molecule has 0 saturated carbocycles. The molecule has 0 bridgehead atoms. The second kappa shape index (κ2) is 7.03. The van der Waals surface area contributed by atoms with Crippen molar-refractivity contribution in [1.29, 1.82) is 0 Å². The largest absolute Gasteiger partial charge is 0.394 e. The van der Waals surface area contributed by atoms with Crippen molar-refractivity contribution in [3.8, 4) is 10.4 Å². The van der Waals surface area contributed by atoms with E-state index in [2.05, 4.69) is 17.4 Å².